The first-order valence-corrected chi connectivity index (χ1v) is 7.01. The van der Waals surface area contributed by atoms with E-state index < -0.39 is 0 Å². The summed E-state index contributed by atoms with van der Waals surface area (Å²) in [7, 11) is 2.15. The summed E-state index contributed by atoms with van der Waals surface area (Å²) < 4.78 is 1.14. The van der Waals surface area contributed by atoms with E-state index in [1.165, 1.54) is 11.3 Å². The Labute approximate surface area is 109 Å². The van der Waals surface area contributed by atoms with Crippen molar-refractivity contribution in [3.05, 3.63) is 28.2 Å². The predicted molar refractivity (Wildman–Crippen MR) is 74.9 cm³/mol. The van der Waals surface area contributed by atoms with E-state index in [-0.39, 0.29) is 0 Å². The molecule has 0 aromatic heterocycles. The minimum atomic E-state index is 0.678. The quantitative estimate of drug-likeness (QED) is 0.736. The third-order valence-corrected chi connectivity index (χ3v) is 3.34. The Bertz CT molecular complexity index is 323. The van der Waals surface area contributed by atoms with Crippen LogP contribution in [0.15, 0.2) is 22.7 Å². The van der Waals surface area contributed by atoms with Gasteiger partial charge in [0.1, 0.15) is 0 Å². The van der Waals surface area contributed by atoms with Gasteiger partial charge in [0.15, 0.2) is 0 Å². The average Bonchev–Trinajstić information content (AvgIpc) is 2.16. The Morgan fingerprint density at radius 3 is 2.53 bits per heavy atom. The smallest absolute Gasteiger partial charge is 0.0416 e. The third-order valence-electron chi connectivity index (χ3n) is 2.24. The molecular weight excluding hydrogens is 318 g/mol. The van der Waals surface area contributed by atoms with Gasteiger partial charge in [-0.1, -0.05) is 51.8 Å². The minimum Gasteiger partial charge on any atom is -0.374 e. The molecule has 0 bridgehead atoms. The fraction of sp³-hybridized carbons (Fsp3) is 0.500. The second-order valence-electron chi connectivity index (χ2n) is 4.18. The van der Waals surface area contributed by atoms with E-state index in [1.807, 2.05) is 0 Å². The molecule has 15 heavy (non-hydrogen) atoms. The molecule has 0 fully saturated rings. The van der Waals surface area contributed by atoms with Crippen molar-refractivity contribution in [3.63, 3.8) is 0 Å². The van der Waals surface area contributed by atoms with E-state index >= 15 is 0 Å². The van der Waals surface area contributed by atoms with E-state index in [9.17, 15) is 0 Å². The Kier molecular flexibility index (Phi) is 5.13. The second kappa shape index (κ2) is 5.90. The number of benzene rings is 1. The highest BCUT2D eigenvalue weighted by Gasteiger charge is 2.08. The van der Waals surface area contributed by atoms with Crippen LogP contribution in [0.2, 0.25) is 0 Å². The molecule has 0 unspecified atom stereocenters. The highest BCUT2D eigenvalue weighted by atomic mass is 79.9. The Morgan fingerprint density at radius 1 is 1.33 bits per heavy atom. The highest BCUT2D eigenvalue weighted by molar-refractivity contribution is 9.10. The van der Waals surface area contributed by atoms with Crippen LogP contribution >= 0.6 is 31.9 Å². The zero-order valence-electron chi connectivity index (χ0n) is 9.43. The molecule has 1 nitrogen and oxygen atoms in total. The first-order chi connectivity index (χ1) is 7.04. The zero-order valence-corrected chi connectivity index (χ0v) is 12.6. The maximum absolute atomic E-state index is 3.53. The number of alkyl halides is 1. The van der Waals surface area contributed by atoms with Gasteiger partial charge in [-0.15, -0.1) is 0 Å². The normalized spacial score (nSPS) is 10.8. The van der Waals surface area contributed by atoms with Gasteiger partial charge in [0.2, 0.25) is 0 Å². The van der Waals surface area contributed by atoms with E-state index in [0.29, 0.717) is 5.92 Å². The predicted octanol–water partition coefficient (Wildman–Crippen LogP) is 4.44. The van der Waals surface area contributed by atoms with Crippen molar-refractivity contribution in [1.29, 1.82) is 0 Å². The molecule has 0 spiro atoms. The van der Waals surface area contributed by atoms with Gasteiger partial charge in [-0.2, -0.15) is 0 Å². The maximum atomic E-state index is 3.53. The van der Waals surface area contributed by atoms with Crippen molar-refractivity contribution in [2.75, 3.05) is 18.5 Å². The van der Waals surface area contributed by atoms with E-state index in [1.54, 1.807) is 0 Å². The first-order valence-electron chi connectivity index (χ1n) is 5.10. The highest BCUT2D eigenvalue weighted by Crippen LogP contribution is 2.26. The molecule has 0 aliphatic heterocycles. The summed E-state index contributed by atoms with van der Waals surface area (Å²) in [6, 6.07) is 6.42. The fourth-order valence-electron chi connectivity index (χ4n) is 1.65. The summed E-state index contributed by atoms with van der Waals surface area (Å²) >= 11 is 7.04. The number of halogens is 2. The Morgan fingerprint density at radius 2 is 2.00 bits per heavy atom. The molecule has 0 atom stereocenters. The van der Waals surface area contributed by atoms with Crippen molar-refractivity contribution in [3.8, 4) is 0 Å². The number of anilines is 1. The molecule has 0 saturated heterocycles. The lowest BCUT2D eigenvalue weighted by Gasteiger charge is -2.24. The van der Waals surface area contributed by atoms with Crippen LogP contribution in [0.1, 0.15) is 19.4 Å². The van der Waals surface area contributed by atoms with Crippen LogP contribution in [0.5, 0.6) is 0 Å². The van der Waals surface area contributed by atoms with Crippen molar-refractivity contribution in [2.24, 2.45) is 5.92 Å². The standard InChI is InChI=1S/C12H17Br2N/c1-9(2)8-15(3)12-6-11(14)5-4-10(12)7-13/h4-6,9H,7-8H2,1-3H3. The molecule has 0 heterocycles. The maximum Gasteiger partial charge on any atom is 0.0416 e. The van der Waals surface area contributed by atoms with Crippen LogP contribution in [0.4, 0.5) is 5.69 Å². The summed E-state index contributed by atoms with van der Waals surface area (Å²) in [5, 5.41) is 0.901. The number of rotatable bonds is 4. The average molecular weight is 335 g/mol. The van der Waals surface area contributed by atoms with Crippen LogP contribution in [0.3, 0.4) is 0 Å². The van der Waals surface area contributed by atoms with Gasteiger partial charge in [-0.25, -0.2) is 0 Å². The van der Waals surface area contributed by atoms with Crippen LogP contribution in [0, 0.1) is 5.92 Å². The molecule has 0 amide bonds. The van der Waals surface area contributed by atoms with Gasteiger partial charge in [0.25, 0.3) is 0 Å². The van der Waals surface area contributed by atoms with Crippen molar-refractivity contribution in [1.82, 2.24) is 0 Å². The monoisotopic (exact) mass is 333 g/mol. The van der Waals surface area contributed by atoms with Gasteiger partial charge < -0.3 is 4.90 Å². The van der Waals surface area contributed by atoms with Crippen molar-refractivity contribution in [2.45, 2.75) is 19.2 Å². The molecule has 84 valence electrons. The SMILES string of the molecule is CC(C)CN(C)c1cc(Br)ccc1CBr. The second-order valence-corrected chi connectivity index (χ2v) is 5.66. The van der Waals surface area contributed by atoms with Gasteiger partial charge in [-0.3, -0.25) is 0 Å². The lowest BCUT2D eigenvalue weighted by Crippen LogP contribution is -2.23. The summed E-state index contributed by atoms with van der Waals surface area (Å²) in [5.41, 5.74) is 2.64. The Balaban J connectivity index is 2.94. The van der Waals surface area contributed by atoms with E-state index in [2.05, 4.69) is 75.9 Å². The molecular formula is C12H17Br2N. The molecule has 1 aromatic rings. The summed E-state index contributed by atoms with van der Waals surface area (Å²) in [4.78, 5) is 2.31. The van der Waals surface area contributed by atoms with Crippen LogP contribution in [-0.2, 0) is 5.33 Å². The molecule has 1 aromatic carbocycles. The third kappa shape index (κ3) is 3.80. The van der Waals surface area contributed by atoms with E-state index in [0.717, 1.165) is 16.3 Å². The lowest BCUT2D eigenvalue weighted by molar-refractivity contribution is 0.637. The van der Waals surface area contributed by atoms with Crippen LogP contribution in [0.25, 0.3) is 0 Å². The molecule has 0 N–H and O–H groups in total. The molecule has 1 rings (SSSR count). The minimum absolute atomic E-state index is 0.678. The summed E-state index contributed by atoms with van der Waals surface area (Å²) in [6.45, 7) is 5.56. The number of nitrogens with zero attached hydrogens (tertiary/aromatic N) is 1. The molecule has 0 saturated carbocycles. The Hall–Kier alpha value is -0.0200. The molecule has 0 radical (unpaired) electrons. The number of hydrogen-bond acceptors (Lipinski definition) is 1. The van der Waals surface area contributed by atoms with Gasteiger partial charge in [0.05, 0.1) is 0 Å². The van der Waals surface area contributed by atoms with E-state index in [4.69, 9.17) is 0 Å². The van der Waals surface area contributed by atoms with Gasteiger partial charge in [-0.05, 0) is 23.6 Å². The summed E-state index contributed by atoms with van der Waals surface area (Å²) in [5.74, 6) is 0.678. The lowest BCUT2D eigenvalue weighted by atomic mass is 10.1. The first kappa shape index (κ1) is 13.0. The fourth-order valence-corrected chi connectivity index (χ4v) is 2.47. The molecule has 3 heteroatoms. The molecule has 0 aliphatic carbocycles. The van der Waals surface area contributed by atoms with Crippen molar-refractivity contribution < 1.29 is 0 Å². The largest absolute Gasteiger partial charge is 0.374 e. The topological polar surface area (TPSA) is 3.24 Å². The molecule has 0 aliphatic rings. The van der Waals surface area contributed by atoms with Crippen LogP contribution in [-0.4, -0.2) is 13.6 Å². The van der Waals surface area contributed by atoms with Gasteiger partial charge >= 0.3 is 0 Å². The van der Waals surface area contributed by atoms with Gasteiger partial charge in [0, 0.05) is 29.1 Å². The number of hydrogen-bond donors (Lipinski definition) is 0. The van der Waals surface area contributed by atoms with Crippen molar-refractivity contribution >= 4 is 37.5 Å². The zero-order chi connectivity index (χ0) is 11.4. The summed E-state index contributed by atoms with van der Waals surface area (Å²) in [6.07, 6.45) is 0. The van der Waals surface area contributed by atoms with Crippen LogP contribution < -0.4 is 4.90 Å².